The number of rotatable bonds is 5. The van der Waals surface area contributed by atoms with E-state index < -0.39 is 18.2 Å². The van der Waals surface area contributed by atoms with Gasteiger partial charge in [0.25, 0.3) is 0 Å². The summed E-state index contributed by atoms with van der Waals surface area (Å²) in [6.45, 7) is 0.578. The van der Waals surface area contributed by atoms with E-state index in [1.54, 1.807) is 7.11 Å². The zero-order valence-corrected chi connectivity index (χ0v) is 11.1. The summed E-state index contributed by atoms with van der Waals surface area (Å²) in [5.74, 6) is -0.846. The van der Waals surface area contributed by atoms with Gasteiger partial charge in [-0.05, 0) is 25.7 Å². The first-order valence-corrected chi connectivity index (χ1v) is 6.80. The molecule has 1 amide bonds. The maximum absolute atomic E-state index is 11.9. The van der Waals surface area contributed by atoms with Crippen LogP contribution >= 0.6 is 0 Å². The number of amides is 1. The maximum Gasteiger partial charge on any atom is 0.332 e. The molecule has 0 spiro atoms. The Hall–Kier alpha value is -1.14. The van der Waals surface area contributed by atoms with Crippen LogP contribution in [0.5, 0.6) is 0 Å². The first-order chi connectivity index (χ1) is 9.11. The Morgan fingerprint density at radius 2 is 2.00 bits per heavy atom. The molecule has 1 saturated heterocycles. The van der Waals surface area contributed by atoms with Crippen LogP contribution in [0.1, 0.15) is 32.1 Å². The molecule has 2 aliphatic rings. The average Bonchev–Trinajstić information content (AvgIpc) is 3.04. The van der Waals surface area contributed by atoms with Crippen molar-refractivity contribution in [2.45, 2.75) is 50.4 Å². The number of carbonyl (C=O) groups excluding carboxylic acids is 1. The van der Waals surface area contributed by atoms with Crippen molar-refractivity contribution in [3.63, 3.8) is 0 Å². The zero-order chi connectivity index (χ0) is 13.8. The normalized spacial score (nSPS) is 34.4. The van der Waals surface area contributed by atoms with E-state index in [1.807, 2.05) is 0 Å². The Labute approximate surface area is 112 Å². The maximum atomic E-state index is 11.9. The summed E-state index contributed by atoms with van der Waals surface area (Å²) in [4.78, 5) is 22.6. The van der Waals surface area contributed by atoms with E-state index in [2.05, 4.69) is 5.32 Å². The third-order valence-corrected chi connectivity index (χ3v) is 4.02. The summed E-state index contributed by atoms with van der Waals surface area (Å²) >= 11 is 0. The minimum absolute atomic E-state index is 0.203. The van der Waals surface area contributed by atoms with Gasteiger partial charge >= 0.3 is 5.97 Å². The molecule has 1 aliphatic heterocycles. The number of methoxy groups -OCH3 is 1. The van der Waals surface area contributed by atoms with Crippen LogP contribution in [0.4, 0.5) is 0 Å². The molecule has 0 aromatic heterocycles. The monoisotopic (exact) mass is 271 g/mol. The van der Waals surface area contributed by atoms with Gasteiger partial charge in [-0.15, -0.1) is 0 Å². The molecule has 0 radical (unpaired) electrons. The van der Waals surface area contributed by atoms with E-state index in [-0.39, 0.29) is 12.0 Å². The lowest BCUT2D eigenvalue weighted by Crippen LogP contribution is -2.39. The highest BCUT2D eigenvalue weighted by atomic mass is 16.5. The van der Waals surface area contributed by atoms with Crippen LogP contribution in [0, 0.1) is 5.92 Å². The van der Waals surface area contributed by atoms with Gasteiger partial charge in [-0.3, -0.25) is 4.79 Å². The van der Waals surface area contributed by atoms with Gasteiger partial charge in [-0.25, -0.2) is 4.79 Å². The molecule has 0 bridgehead atoms. The number of carboxylic acids is 1. The average molecular weight is 271 g/mol. The van der Waals surface area contributed by atoms with Crippen molar-refractivity contribution in [3.05, 3.63) is 0 Å². The second-order valence-electron chi connectivity index (χ2n) is 5.24. The van der Waals surface area contributed by atoms with Gasteiger partial charge in [0, 0.05) is 19.6 Å². The summed E-state index contributed by atoms with van der Waals surface area (Å²) in [6, 6.07) is 0. The molecule has 19 heavy (non-hydrogen) atoms. The second kappa shape index (κ2) is 6.34. The van der Waals surface area contributed by atoms with Crippen molar-refractivity contribution >= 4 is 11.9 Å². The minimum Gasteiger partial charge on any atom is -0.479 e. The van der Waals surface area contributed by atoms with Crippen molar-refractivity contribution < 1.29 is 24.2 Å². The first kappa shape index (κ1) is 14.3. The highest BCUT2D eigenvalue weighted by Gasteiger charge is 2.35. The van der Waals surface area contributed by atoms with Crippen LogP contribution < -0.4 is 5.32 Å². The summed E-state index contributed by atoms with van der Waals surface area (Å²) in [7, 11) is 1.70. The standard InChI is InChI=1S/C13H21NO5/c1-18-9-4-2-3-8(9)7-14-12(15)10-5-6-11(19-10)13(16)17/h8-11H,2-7H2,1H3,(H,14,15)(H,16,17)/t8?,9?,10-,11+/m0/s1. The lowest BCUT2D eigenvalue weighted by molar-refractivity contribution is -0.151. The molecule has 4 atom stereocenters. The lowest BCUT2D eigenvalue weighted by Gasteiger charge is -2.19. The Morgan fingerprint density at radius 1 is 1.26 bits per heavy atom. The molecular formula is C13H21NO5. The van der Waals surface area contributed by atoms with Crippen LogP contribution in [0.3, 0.4) is 0 Å². The highest BCUT2D eigenvalue weighted by molar-refractivity contribution is 5.82. The van der Waals surface area contributed by atoms with E-state index in [4.69, 9.17) is 14.6 Å². The Kier molecular flexibility index (Phi) is 4.76. The Bertz CT molecular complexity index is 346. The van der Waals surface area contributed by atoms with Crippen LogP contribution in [0.15, 0.2) is 0 Å². The van der Waals surface area contributed by atoms with Crippen LogP contribution in [-0.2, 0) is 19.1 Å². The molecule has 6 heteroatoms. The molecule has 2 fully saturated rings. The van der Waals surface area contributed by atoms with E-state index in [9.17, 15) is 9.59 Å². The van der Waals surface area contributed by atoms with Crippen molar-refractivity contribution in [3.8, 4) is 0 Å². The van der Waals surface area contributed by atoms with Crippen LogP contribution in [-0.4, -0.2) is 48.9 Å². The fraction of sp³-hybridized carbons (Fsp3) is 0.846. The van der Waals surface area contributed by atoms with E-state index in [0.717, 1.165) is 19.3 Å². The number of nitrogens with one attached hydrogen (secondary N) is 1. The molecule has 108 valence electrons. The molecule has 0 aromatic carbocycles. The zero-order valence-electron chi connectivity index (χ0n) is 11.1. The third kappa shape index (κ3) is 3.45. The minimum atomic E-state index is -0.995. The highest BCUT2D eigenvalue weighted by Crippen LogP contribution is 2.27. The second-order valence-corrected chi connectivity index (χ2v) is 5.24. The summed E-state index contributed by atoms with van der Waals surface area (Å²) in [5.41, 5.74) is 0. The van der Waals surface area contributed by atoms with Crippen LogP contribution in [0.2, 0.25) is 0 Å². The van der Waals surface area contributed by atoms with E-state index in [1.165, 1.54) is 0 Å². The molecule has 1 aliphatic carbocycles. The number of hydrogen-bond donors (Lipinski definition) is 2. The van der Waals surface area contributed by atoms with Gasteiger partial charge in [-0.2, -0.15) is 0 Å². The lowest BCUT2D eigenvalue weighted by atomic mass is 10.1. The smallest absolute Gasteiger partial charge is 0.332 e. The van der Waals surface area contributed by atoms with Crippen molar-refractivity contribution in [2.75, 3.05) is 13.7 Å². The Balaban J connectivity index is 1.74. The summed E-state index contributed by atoms with van der Waals surface area (Å²) in [5, 5.41) is 11.7. The molecule has 2 unspecified atom stereocenters. The SMILES string of the molecule is COC1CCCC1CNC(=O)[C@@H]1CC[C@H](C(=O)O)O1. The molecule has 0 aromatic rings. The number of carbonyl (C=O) groups is 2. The van der Waals surface area contributed by atoms with Gasteiger partial charge in [0.1, 0.15) is 6.10 Å². The Morgan fingerprint density at radius 3 is 2.63 bits per heavy atom. The topological polar surface area (TPSA) is 84.9 Å². The van der Waals surface area contributed by atoms with Gasteiger partial charge < -0.3 is 19.9 Å². The first-order valence-electron chi connectivity index (χ1n) is 6.80. The number of hydrogen-bond acceptors (Lipinski definition) is 4. The molecule has 2 rings (SSSR count). The molecule has 6 nitrogen and oxygen atoms in total. The van der Waals surface area contributed by atoms with Gasteiger partial charge in [0.15, 0.2) is 6.10 Å². The number of carboxylic acid groups (broad SMARTS) is 1. The van der Waals surface area contributed by atoms with E-state index >= 15 is 0 Å². The van der Waals surface area contributed by atoms with Crippen molar-refractivity contribution in [1.29, 1.82) is 0 Å². The molecular weight excluding hydrogens is 250 g/mol. The molecule has 1 saturated carbocycles. The molecule has 2 N–H and O–H groups in total. The summed E-state index contributed by atoms with van der Waals surface area (Å²) < 4.78 is 10.6. The van der Waals surface area contributed by atoms with Crippen LogP contribution in [0.25, 0.3) is 0 Å². The predicted molar refractivity (Wildman–Crippen MR) is 66.7 cm³/mol. The fourth-order valence-electron chi connectivity index (χ4n) is 2.90. The predicted octanol–water partition coefficient (Wildman–Crippen LogP) is 0.550. The van der Waals surface area contributed by atoms with Gasteiger partial charge in [-0.1, -0.05) is 6.42 Å². The van der Waals surface area contributed by atoms with Gasteiger partial charge in [0.05, 0.1) is 6.10 Å². The van der Waals surface area contributed by atoms with E-state index in [0.29, 0.717) is 25.3 Å². The van der Waals surface area contributed by atoms with Crippen molar-refractivity contribution in [1.82, 2.24) is 5.32 Å². The van der Waals surface area contributed by atoms with Crippen molar-refractivity contribution in [2.24, 2.45) is 5.92 Å². The summed E-state index contributed by atoms with van der Waals surface area (Å²) in [6.07, 6.45) is 2.85. The van der Waals surface area contributed by atoms with Gasteiger partial charge in [0.2, 0.25) is 5.91 Å². The third-order valence-electron chi connectivity index (χ3n) is 4.02. The largest absolute Gasteiger partial charge is 0.479 e. The fourth-order valence-corrected chi connectivity index (χ4v) is 2.90. The quantitative estimate of drug-likeness (QED) is 0.762. The number of aliphatic carboxylic acids is 1. The molecule has 1 heterocycles. The number of ether oxygens (including phenoxy) is 2.